The van der Waals surface area contributed by atoms with Crippen molar-refractivity contribution >= 4 is 11.6 Å². The Kier molecular flexibility index (Phi) is 3.10. The van der Waals surface area contributed by atoms with E-state index in [4.69, 9.17) is 21.9 Å². The van der Waals surface area contributed by atoms with Crippen LogP contribution in [0.1, 0.15) is 50.4 Å². The molecule has 1 aliphatic carbocycles. The maximum atomic E-state index is 6.24. The summed E-state index contributed by atoms with van der Waals surface area (Å²) in [4.78, 5) is 4.54. The zero-order chi connectivity index (χ0) is 14.4. The van der Waals surface area contributed by atoms with Crippen LogP contribution in [0.4, 0.5) is 0 Å². The maximum absolute atomic E-state index is 6.24. The predicted molar refractivity (Wildman–Crippen MR) is 77.6 cm³/mol. The molecule has 1 aliphatic rings. The van der Waals surface area contributed by atoms with Crippen LogP contribution in [0.25, 0.3) is 0 Å². The van der Waals surface area contributed by atoms with Crippen LogP contribution in [0, 0.1) is 0 Å². The highest BCUT2D eigenvalue weighted by atomic mass is 35.5. The molecule has 2 aromatic rings. The Morgan fingerprint density at radius 3 is 2.70 bits per heavy atom. The van der Waals surface area contributed by atoms with Gasteiger partial charge in [-0.2, -0.15) is 4.98 Å². The highest BCUT2D eigenvalue weighted by Crippen LogP contribution is 2.39. The first-order chi connectivity index (χ1) is 9.42. The minimum atomic E-state index is -0.397. The second-order valence-electron chi connectivity index (χ2n) is 6.07. The average Bonchev–Trinajstić information content (AvgIpc) is 2.86. The third kappa shape index (κ3) is 2.13. The molecule has 0 aliphatic heterocycles. The molecule has 0 atom stereocenters. The Hall–Kier alpha value is -1.39. The minimum Gasteiger partial charge on any atom is -0.338 e. The van der Waals surface area contributed by atoms with Crippen molar-refractivity contribution in [2.45, 2.75) is 44.1 Å². The predicted octanol–water partition coefficient (Wildman–Crippen LogP) is 3.39. The third-order valence-electron chi connectivity index (χ3n) is 4.20. The zero-order valence-corrected chi connectivity index (χ0v) is 12.4. The smallest absolute Gasteiger partial charge is 0.236 e. The van der Waals surface area contributed by atoms with E-state index in [0.29, 0.717) is 16.7 Å². The first-order valence-corrected chi connectivity index (χ1v) is 7.19. The van der Waals surface area contributed by atoms with Crippen molar-refractivity contribution < 1.29 is 4.52 Å². The highest BCUT2D eigenvalue weighted by molar-refractivity contribution is 6.30. The molecule has 0 unspecified atom stereocenters. The molecule has 2 N–H and O–H groups in total. The van der Waals surface area contributed by atoms with E-state index >= 15 is 0 Å². The summed E-state index contributed by atoms with van der Waals surface area (Å²) >= 11 is 6.06. The molecule has 0 bridgehead atoms. The van der Waals surface area contributed by atoms with Crippen LogP contribution in [0.3, 0.4) is 0 Å². The fourth-order valence-corrected chi connectivity index (χ4v) is 2.65. The van der Waals surface area contributed by atoms with Crippen molar-refractivity contribution in [3.8, 4) is 0 Å². The molecule has 4 nitrogen and oxygen atoms in total. The summed E-state index contributed by atoms with van der Waals surface area (Å²) in [6, 6.07) is 7.71. The Labute approximate surface area is 123 Å². The largest absolute Gasteiger partial charge is 0.338 e. The van der Waals surface area contributed by atoms with Crippen LogP contribution in [0.5, 0.6) is 0 Å². The van der Waals surface area contributed by atoms with Gasteiger partial charge in [0.05, 0.1) is 11.0 Å². The van der Waals surface area contributed by atoms with E-state index < -0.39 is 11.0 Å². The van der Waals surface area contributed by atoms with E-state index in [2.05, 4.69) is 10.1 Å². The van der Waals surface area contributed by atoms with Crippen molar-refractivity contribution in [2.75, 3.05) is 0 Å². The van der Waals surface area contributed by atoms with Gasteiger partial charge in [0, 0.05) is 5.02 Å². The molecule has 0 amide bonds. The van der Waals surface area contributed by atoms with Crippen molar-refractivity contribution in [3.63, 3.8) is 0 Å². The van der Waals surface area contributed by atoms with Crippen molar-refractivity contribution in [3.05, 3.63) is 46.6 Å². The molecule has 1 saturated carbocycles. The van der Waals surface area contributed by atoms with Crippen molar-refractivity contribution in [1.29, 1.82) is 0 Å². The van der Waals surface area contributed by atoms with Crippen LogP contribution in [-0.2, 0) is 11.0 Å². The van der Waals surface area contributed by atoms with E-state index in [0.717, 1.165) is 24.8 Å². The molecule has 1 aromatic carbocycles. The highest BCUT2D eigenvalue weighted by Gasteiger charge is 2.40. The number of hydrogen-bond acceptors (Lipinski definition) is 4. The SMILES string of the molecule is CC(C)(c1cccc(Cl)c1)c1nc(C2(N)CCC2)no1. The van der Waals surface area contributed by atoms with Gasteiger partial charge in [-0.05, 0) is 50.8 Å². The molecule has 0 saturated heterocycles. The topological polar surface area (TPSA) is 64.9 Å². The van der Waals surface area contributed by atoms with E-state index in [1.54, 1.807) is 0 Å². The first-order valence-electron chi connectivity index (χ1n) is 6.81. The van der Waals surface area contributed by atoms with E-state index in [1.807, 2.05) is 38.1 Å². The number of nitrogens with two attached hydrogens (primary N) is 1. The molecule has 0 radical (unpaired) electrons. The lowest BCUT2D eigenvalue weighted by molar-refractivity contribution is 0.228. The summed E-state index contributed by atoms with van der Waals surface area (Å²) in [5.74, 6) is 1.19. The zero-order valence-electron chi connectivity index (χ0n) is 11.7. The first kappa shape index (κ1) is 13.6. The number of halogens is 1. The molecular formula is C15H18ClN3O. The van der Waals surface area contributed by atoms with Gasteiger partial charge in [0.1, 0.15) is 0 Å². The van der Waals surface area contributed by atoms with Gasteiger partial charge in [-0.15, -0.1) is 0 Å². The lowest BCUT2D eigenvalue weighted by Crippen LogP contribution is -2.44. The number of rotatable bonds is 3. The third-order valence-corrected chi connectivity index (χ3v) is 4.43. The fraction of sp³-hybridized carbons (Fsp3) is 0.467. The standard InChI is InChI=1S/C15H18ClN3O/c1-14(2,10-5-3-6-11(16)9-10)13-18-12(19-20-13)15(17)7-4-8-15/h3,5-6,9H,4,7-8,17H2,1-2H3. The van der Waals surface area contributed by atoms with Gasteiger partial charge in [0.2, 0.25) is 5.89 Å². The summed E-state index contributed by atoms with van der Waals surface area (Å²) in [6.07, 6.45) is 2.96. The van der Waals surface area contributed by atoms with Gasteiger partial charge in [0.25, 0.3) is 0 Å². The summed E-state index contributed by atoms with van der Waals surface area (Å²) in [5.41, 5.74) is 6.49. The Morgan fingerprint density at radius 2 is 2.10 bits per heavy atom. The molecular weight excluding hydrogens is 274 g/mol. The van der Waals surface area contributed by atoms with Gasteiger partial charge < -0.3 is 10.3 Å². The van der Waals surface area contributed by atoms with Crippen LogP contribution in [-0.4, -0.2) is 10.1 Å². The summed E-state index contributed by atoms with van der Waals surface area (Å²) in [6.45, 7) is 4.08. The molecule has 20 heavy (non-hydrogen) atoms. The average molecular weight is 292 g/mol. The summed E-state index contributed by atoms with van der Waals surface area (Å²) in [5, 5.41) is 4.78. The Balaban J connectivity index is 1.95. The molecule has 106 valence electrons. The van der Waals surface area contributed by atoms with Gasteiger partial charge in [0.15, 0.2) is 5.82 Å². The Bertz CT molecular complexity index is 632. The summed E-state index contributed by atoms with van der Waals surface area (Å²) < 4.78 is 5.46. The van der Waals surface area contributed by atoms with E-state index in [1.165, 1.54) is 0 Å². The lowest BCUT2D eigenvalue weighted by Gasteiger charge is -2.34. The quantitative estimate of drug-likeness (QED) is 0.941. The van der Waals surface area contributed by atoms with E-state index in [9.17, 15) is 0 Å². The number of nitrogens with zero attached hydrogens (tertiary/aromatic N) is 2. The number of hydrogen-bond donors (Lipinski definition) is 1. The summed E-state index contributed by atoms with van der Waals surface area (Å²) in [7, 11) is 0. The number of benzene rings is 1. The van der Waals surface area contributed by atoms with Crippen LogP contribution >= 0.6 is 11.6 Å². The Morgan fingerprint density at radius 1 is 1.35 bits per heavy atom. The van der Waals surface area contributed by atoms with Gasteiger partial charge in [-0.25, -0.2) is 0 Å². The van der Waals surface area contributed by atoms with E-state index in [-0.39, 0.29) is 0 Å². The molecule has 5 heteroatoms. The van der Waals surface area contributed by atoms with Crippen LogP contribution in [0.2, 0.25) is 5.02 Å². The molecule has 0 spiro atoms. The monoisotopic (exact) mass is 291 g/mol. The van der Waals surface area contributed by atoms with Gasteiger partial charge in [-0.1, -0.05) is 28.9 Å². The molecule has 1 heterocycles. The normalized spacial score (nSPS) is 17.8. The fourth-order valence-electron chi connectivity index (χ4n) is 2.46. The number of aromatic nitrogens is 2. The molecule has 1 fully saturated rings. The second kappa shape index (κ2) is 4.57. The van der Waals surface area contributed by atoms with Crippen LogP contribution < -0.4 is 5.73 Å². The van der Waals surface area contributed by atoms with Crippen molar-refractivity contribution in [1.82, 2.24) is 10.1 Å². The van der Waals surface area contributed by atoms with Gasteiger partial charge >= 0.3 is 0 Å². The van der Waals surface area contributed by atoms with Crippen molar-refractivity contribution in [2.24, 2.45) is 5.73 Å². The lowest BCUT2D eigenvalue weighted by atomic mass is 9.77. The second-order valence-corrected chi connectivity index (χ2v) is 6.50. The molecule has 1 aromatic heterocycles. The molecule has 3 rings (SSSR count). The van der Waals surface area contributed by atoms with Gasteiger partial charge in [-0.3, -0.25) is 0 Å². The maximum Gasteiger partial charge on any atom is 0.236 e. The minimum absolute atomic E-state index is 0.393. The van der Waals surface area contributed by atoms with Crippen LogP contribution in [0.15, 0.2) is 28.8 Å².